The molecular formula is C37H40O15. The van der Waals surface area contributed by atoms with Gasteiger partial charge in [-0.2, -0.15) is 0 Å². The average Bonchev–Trinajstić information content (AvgIpc) is 3.07. The molecule has 2 aromatic carbocycles. The predicted octanol–water partition coefficient (Wildman–Crippen LogP) is 3.62. The van der Waals surface area contributed by atoms with Crippen LogP contribution in [0.4, 0.5) is 0 Å². The fraction of sp³-hybridized carbons (Fsp3) is 0.432. The van der Waals surface area contributed by atoms with Crippen molar-refractivity contribution in [3.63, 3.8) is 0 Å². The van der Waals surface area contributed by atoms with E-state index in [1.165, 1.54) is 38.3 Å². The van der Waals surface area contributed by atoms with Gasteiger partial charge in [0.1, 0.15) is 53.7 Å². The zero-order valence-electron chi connectivity index (χ0n) is 29.1. The highest BCUT2D eigenvalue weighted by Gasteiger charge is 2.52. The quantitative estimate of drug-likeness (QED) is 0.165. The Morgan fingerprint density at radius 1 is 0.788 bits per heavy atom. The van der Waals surface area contributed by atoms with Gasteiger partial charge >= 0.3 is 23.9 Å². The number of phenols is 2. The highest BCUT2D eigenvalue weighted by Crippen LogP contribution is 2.34. The Bertz CT molecular complexity index is 1880. The number of aromatic hydroxyl groups is 2. The van der Waals surface area contributed by atoms with Gasteiger partial charge < -0.3 is 47.8 Å². The van der Waals surface area contributed by atoms with E-state index in [-0.39, 0.29) is 41.1 Å². The molecule has 0 radical (unpaired) electrons. The highest BCUT2D eigenvalue weighted by molar-refractivity contribution is 5.87. The Labute approximate surface area is 297 Å². The molecule has 8 unspecified atom stereocenters. The van der Waals surface area contributed by atoms with E-state index in [1.807, 2.05) is 0 Å². The third kappa shape index (κ3) is 8.96. The molecule has 52 heavy (non-hydrogen) atoms. The number of benzene rings is 2. The van der Waals surface area contributed by atoms with E-state index in [0.717, 1.165) is 13.8 Å². The first-order valence-corrected chi connectivity index (χ1v) is 16.6. The van der Waals surface area contributed by atoms with E-state index in [2.05, 4.69) is 0 Å². The van der Waals surface area contributed by atoms with Crippen LogP contribution in [0.25, 0.3) is 22.1 Å². The Kier molecular flexibility index (Phi) is 12.0. The molecule has 3 aromatic rings. The molecule has 0 bridgehead atoms. The minimum absolute atomic E-state index is 0.0150. The molecular weight excluding hydrogens is 684 g/mol. The molecule has 1 fully saturated rings. The zero-order chi connectivity index (χ0) is 37.7. The minimum atomic E-state index is -1.36. The molecule has 8 atom stereocenters. The number of carbonyl (C=O) groups excluding carboxylic acids is 4. The predicted molar refractivity (Wildman–Crippen MR) is 180 cm³/mol. The van der Waals surface area contributed by atoms with Crippen molar-refractivity contribution < 1.29 is 67.0 Å². The van der Waals surface area contributed by atoms with Crippen molar-refractivity contribution >= 4 is 34.8 Å². The van der Waals surface area contributed by atoms with Crippen LogP contribution in [-0.2, 0) is 58.8 Å². The number of esters is 4. The second-order valence-electron chi connectivity index (χ2n) is 12.4. The first-order chi connectivity index (χ1) is 24.7. The van der Waals surface area contributed by atoms with Crippen molar-refractivity contribution in [2.75, 3.05) is 6.61 Å². The van der Waals surface area contributed by atoms with E-state index < -0.39 is 78.3 Å². The van der Waals surface area contributed by atoms with Crippen LogP contribution >= 0.6 is 0 Å². The summed E-state index contributed by atoms with van der Waals surface area (Å²) < 4.78 is 46.2. The van der Waals surface area contributed by atoms with E-state index >= 15 is 0 Å². The van der Waals surface area contributed by atoms with Crippen LogP contribution in [0.15, 0.2) is 64.0 Å². The van der Waals surface area contributed by atoms with Gasteiger partial charge in [-0.3, -0.25) is 24.0 Å². The van der Waals surface area contributed by atoms with E-state index in [4.69, 9.17) is 37.6 Å². The molecule has 2 aliphatic rings. The summed E-state index contributed by atoms with van der Waals surface area (Å²) in [6, 6.07) is 9.04. The van der Waals surface area contributed by atoms with Gasteiger partial charge in [-0.1, -0.05) is 31.2 Å². The molecule has 2 N–H and O–H groups in total. The summed E-state index contributed by atoms with van der Waals surface area (Å²) in [5, 5.41) is 20.5. The largest absolute Gasteiger partial charge is 0.508 e. The van der Waals surface area contributed by atoms with Crippen molar-refractivity contribution in [3.05, 3.63) is 70.6 Å². The van der Waals surface area contributed by atoms with E-state index in [0.29, 0.717) is 17.5 Å². The number of rotatable bonds is 11. The van der Waals surface area contributed by atoms with Crippen molar-refractivity contribution in [1.29, 1.82) is 0 Å². The Balaban J connectivity index is 1.40. The first kappa shape index (κ1) is 38.0. The molecule has 278 valence electrons. The van der Waals surface area contributed by atoms with Gasteiger partial charge in [-0.25, -0.2) is 0 Å². The van der Waals surface area contributed by atoms with Gasteiger partial charge in [-0.05, 0) is 41.8 Å². The van der Waals surface area contributed by atoms with Crippen LogP contribution < -0.4 is 5.43 Å². The van der Waals surface area contributed by atoms with E-state index in [1.54, 1.807) is 37.3 Å². The van der Waals surface area contributed by atoms with Gasteiger partial charge in [0.2, 0.25) is 5.43 Å². The SMILES string of the molecule is CCC1OC(OC2C=CC(Cc3cc(O)c4c(=O)c(-c5ccc(O)cc5)coc4c3)OC2COC(C)=O)C(OC(C)=O)C(OC(C)=O)C1OC(C)=O. The third-order valence-corrected chi connectivity index (χ3v) is 8.41. The van der Waals surface area contributed by atoms with Crippen molar-refractivity contribution in [3.8, 4) is 22.6 Å². The number of fused-ring (bicyclic) bond motifs is 1. The fourth-order valence-corrected chi connectivity index (χ4v) is 6.21. The number of hydrogen-bond acceptors (Lipinski definition) is 15. The normalized spacial score (nSPS) is 25.6. The summed E-state index contributed by atoms with van der Waals surface area (Å²) in [4.78, 5) is 61.4. The Morgan fingerprint density at radius 3 is 2.08 bits per heavy atom. The van der Waals surface area contributed by atoms with Crippen LogP contribution in [0.3, 0.4) is 0 Å². The molecule has 2 aliphatic heterocycles. The number of carbonyl (C=O) groups is 4. The average molecular weight is 725 g/mol. The van der Waals surface area contributed by atoms with Gasteiger partial charge in [-0.15, -0.1) is 0 Å². The van der Waals surface area contributed by atoms with Gasteiger partial charge in [0.15, 0.2) is 24.6 Å². The topological polar surface area (TPSA) is 204 Å². The molecule has 0 saturated carbocycles. The summed E-state index contributed by atoms with van der Waals surface area (Å²) in [5.74, 6) is -2.97. The van der Waals surface area contributed by atoms with Crippen LogP contribution in [0.5, 0.6) is 11.5 Å². The lowest BCUT2D eigenvalue weighted by Crippen LogP contribution is -2.62. The third-order valence-electron chi connectivity index (χ3n) is 8.41. The monoisotopic (exact) mass is 724 g/mol. The number of phenolic OH excluding ortho intramolecular Hbond substituents is 2. The Hall–Kier alpha value is -5.25. The van der Waals surface area contributed by atoms with Crippen LogP contribution in [0.2, 0.25) is 0 Å². The molecule has 3 heterocycles. The molecule has 0 aliphatic carbocycles. The lowest BCUT2D eigenvalue weighted by molar-refractivity contribution is -0.317. The maximum absolute atomic E-state index is 13.3. The summed E-state index contributed by atoms with van der Waals surface area (Å²) in [5.41, 5.74) is 0.956. The molecule has 0 amide bonds. The van der Waals surface area contributed by atoms with Gasteiger partial charge in [0.25, 0.3) is 0 Å². The van der Waals surface area contributed by atoms with Crippen LogP contribution in [0, 0.1) is 0 Å². The summed E-state index contributed by atoms with van der Waals surface area (Å²) in [6.45, 7) is 6.24. The molecule has 0 spiro atoms. The van der Waals surface area contributed by atoms with Crippen LogP contribution in [0.1, 0.15) is 46.6 Å². The van der Waals surface area contributed by atoms with Crippen molar-refractivity contribution in [2.45, 2.75) is 96.5 Å². The van der Waals surface area contributed by atoms with Crippen LogP contribution in [-0.4, -0.2) is 89.7 Å². The smallest absolute Gasteiger partial charge is 0.303 e. The van der Waals surface area contributed by atoms with Crippen molar-refractivity contribution in [1.82, 2.24) is 0 Å². The Morgan fingerprint density at radius 2 is 1.44 bits per heavy atom. The number of hydrogen-bond donors (Lipinski definition) is 2. The molecule has 5 rings (SSSR count). The maximum atomic E-state index is 13.3. The molecule has 15 heteroatoms. The lowest BCUT2D eigenvalue weighted by atomic mass is 9.96. The maximum Gasteiger partial charge on any atom is 0.303 e. The van der Waals surface area contributed by atoms with Crippen molar-refractivity contribution in [2.24, 2.45) is 0 Å². The summed E-state index contributed by atoms with van der Waals surface area (Å²) in [6.07, 6.45) is -3.29. The first-order valence-electron chi connectivity index (χ1n) is 16.6. The second kappa shape index (κ2) is 16.4. The molecule has 1 saturated heterocycles. The fourth-order valence-electron chi connectivity index (χ4n) is 6.21. The standard InChI is InChI=1S/C37H40O15/c1-6-28-34(47-19(3)39)35(48-20(4)40)36(49-21(5)41)37(51-28)52-29-12-11-25(50-31(29)17-45-18(2)38)13-22-14-27(43)32-30(15-22)46-16-26(33(32)44)23-7-9-24(42)10-8-23/h7-12,14-16,25,28-29,31,34-37,42-43H,6,13,17H2,1-5H3. The van der Waals surface area contributed by atoms with Gasteiger partial charge in [0.05, 0.1) is 11.7 Å². The highest BCUT2D eigenvalue weighted by atomic mass is 16.7. The molecule has 1 aromatic heterocycles. The van der Waals surface area contributed by atoms with E-state index in [9.17, 15) is 34.2 Å². The summed E-state index contributed by atoms with van der Waals surface area (Å²) in [7, 11) is 0. The minimum Gasteiger partial charge on any atom is -0.508 e. The van der Waals surface area contributed by atoms with Gasteiger partial charge in [0, 0.05) is 34.1 Å². The number of ether oxygens (including phenoxy) is 7. The summed E-state index contributed by atoms with van der Waals surface area (Å²) >= 11 is 0. The second-order valence-corrected chi connectivity index (χ2v) is 12.4. The lowest BCUT2D eigenvalue weighted by Gasteiger charge is -2.45. The zero-order valence-corrected chi connectivity index (χ0v) is 29.1. The molecule has 15 nitrogen and oxygen atoms in total.